The highest BCUT2D eigenvalue weighted by atomic mass is 16.5. The van der Waals surface area contributed by atoms with Crippen LogP contribution in [0.3, 0.4) is 0 Å². The zero-order valence-corrected chi connectivity index (χ0v) is 19.0. The molecule has 166 valence electrons. The van der Waals surface area contributed by atoms with Gasteiger partial charge in [0.25, 0.3) is 0 Å². The van der Waals surface area contributed by atoms with Gasteiger partial charge in [0.1, 0.15) is 12.0 Å². The molecule has 8 heteroatoms. The molecule has 0 saturated carbocycles. The average Bonchev–Trinajstić information content (AvgIpc) is 3.46. The minimum atomic E-state index is 0.251. The van der Waals surface area contributed by atoms with E-state index < -0.39 is 0 Å². The quantitative estimate of drug-likeness (QED) is 0.494. The molecule has 0 spiro atoms. The minimum absolute atomic E-state index is 0.251. The Morgan fingerprint density at radius 3 is 2.66 bits per heavy atom. The number of nitrogens with zero attached hydrogens (tertiary/aromatic N) is 5. The van der Waals surface area contributed by atoms with Crippen LogP contribution < -0.4 is 10.1 Å². The number of hydrogen-bond donors (Lipinski definition) is 2. The molecule has 2 N–H and O–H groups in total. The second-order valence-electron chi connectivity index (χ2n) is 8.75. The van der Waals surface area contributed by atoms with E-state index in [1.807, 2.05) is 19.3 Å². The predicted molar refractivity (Wildman–Crippen MR) is 124 cm³/mol. The van der Waals surface area contributed by atoms with Gasteiger partial charge in [-0.1, -0.05) is 19.9 Å². The van der Waals surface area contributed by atoms with Crippen molar-refractivity contribution in [3.05, 3.63) is 47.5 Å². The molecule has 32 heavy (non-hydrogen) atoms. The van der Waals surface area contributed by atoms with Crippen LogP contribution in [0, 0.1) is 6.92 Å². The predicted octanol–water partition coefficient (Wildman–Crippen LogP) is 4.09. The van der Waals surface area contributed by atoms with E-state index in [0.29, 0.717) is 11.6 Å². The Hall–Kier alpha value is -3.26. The van der Waals surface area contributed by atoms with Crippen LogP contribution in [0.4, 0.5) is 0 Å². The van der Waals surface area contributed by atoms with E-state index in [9.17, 15) is 0 Å². The first kappa shape index (κ1) is 20.6. The van der Waals surface area contributed by atoms with E-state index in [1.54, 1.807) is 11.6 Å². The molecule has 1 saturated heterocycles. The minimum Gasteiger partial charge on any atom is -0.492 e. The number of hydrogen-bond acceptors (Lipinski definition) is 6. The number of ether oxygens (including phenoxy) is 1. The van der Waals surface area contributed by atoms with Crippen molar-refractivity contribution in [2.75, 3.05) is 20.2 Å². The first-order valence-electron chi connectivity index (χ1n) is 11.2. The first-order chi connectivity index (χ1) is 15.6. The van der Waals surface area contributed by atoms with E-state index in [0.717, 1.165) is 65.5 Å². The number of H-pyrrole nitrogens is 1. The van der Waals surface area contributed by atoms with Gasteiger partial charge in [0.15, 0.2) is 11.4 Å². The van der Waals surface area contributed by atoms with Gasteiger partial charge in [-0.05, 0) is 56.3 Å². The van der Waals surface area contributed by atoms with Crippen molar-refractivity contribution >= 4 is 5.65 Å². The number of aromatic amines is 1. The second kappa shape index (κ2) is 8.35. The zero-order valence-electron chi connectivity index (χ0n) is 19.0. The smallest absolute Gasteiger partial charge is 0.198 e. The standard InChI is InChI=1S/C24H29N7O/c1-14(2)20-21(18-12-31-24(27-13-28-31)23(32-4)15(18)3)29-30-22(20)19-6-5-17(11-26-19)16-7-9-25-10-8-16/h5-6,11-14,16,25H,7-10H2,1-4H3,(H,29,30). The molecule has 5 rings (SSSR count). The van der Waals surface area contributed by atoms with Crippen LogP contribution in [0.2, 0.25) is 0 Å². The molecule has 5 heterocycles. The van der Waals surface area contributed by atoms with Crippen LogP contribution in [0.5, 0.6) is 5.75 Å². The summed E-state index contributed by atoms with van der Waals surface area (Å²) in [4.78, 5) is 9.15. The zero-order chi connectivity index (χ0) is 22.2. The Kier molecular flexibility index (Phi) is 5.38. The maximum Gasteiger partial charge on any atom is 0.198 e. The van der Waals surface area contributed by atoms with Gasteiger partial charge in [-0.25, -0.2) is 9.50 Å². The molecule has 0 aliphatic carbocycles. The highest BCUT2D eigenvalue weighted by Crippen LogP contribution is 2.39. The lowest BCUT2D eigenvalue weighted by Gasteiger charge is -2.22. The fourth-order valence-corrected chi connectivity index (χ4v) is 4.77. The lowest BCUT2D eigenvalue weighted by molar-refractivity contribution is 0.413. The Bertz CT molecular complexity index is 1230. The molecule has 4 aromatic rings. The van der Waals surface area contributed by atoms with Crippen molar-refractivity contribution < 1.29 is 4.74 Å². The Morgan fingerprint density at radius 2 is 1.97 bits per heavy atom. The number of nitrogens with one attached hydrogen (secondary N) is 2. The second-order valence-corrected chi connectivity index (χ2v) is 8.75. The van der Waals surface area contributed by atoms with Crippen LogP contribution in [-0.2, 0) is 0 Å². The number of pyridine rings is 2. The van der Waals surface area contributed by atoms with Gasteiger partial charge in [0, 0.05) is 29.1 Å². The molecule has 0 unspecified atom stereocenters. The molecule has 4 aromatic heterocycles. The molecule has 0 amide bonds. The topological polar surface area (TPSA) is 93.0 Å². The van der Waals surface area contributed by atoms with Gasteiger partial charge in [0.05, 0.1) is 18.5 Å². The highest BCUT2D eigenvalue weighted by molar-refractivity contribution is 5.78. The lowest BCUT2D eigenvalue weighted by atomic mass is 9.90. The molecule has 0 atom stereocenters. The monoisotopic (exact) mass is 431 g/mol. The third kappa shape index (κ3) is 3.44. The van der Waals surface area contributed by atoms with Gasteiger partial charge in [0.2, 0.25) is 0 Å². The summed E-state index contributed by atoms with van der Waals surface area (Å²) in [6.45, 7) is 8.56. The van der Waals surface area contributed by atoms with Gasteiger partial charge < -0.3 is 10.1 Å². The summed E-state index contributed by atoms with van der Waals surface area (Å²) in [6.07, 6.45) is 7.88. The van der Waals surface area contributed by atoms with Crippen LogP contribution in [0.1, 0.15) is 55.2 Å². The van der Waals surface area contributed by atoms with Crippen LogP contribution >= 0.6 is 0 Å². The third-order valence-electron chi connectivity index (χ3n) is 6.47. The fourth-order valence-electron chi connectivity index (χ4n) is 4.77. The summed E-state index contributed by atoms with van der Waals surface area (Å²) < 4.78 is 7.41. The molecule has 8 nitrogen and oxygen atoms in total. The van der Waals surface area contributed by atoms with E-state index in [2.05, 4.69) is 46.5 Å². The van der Waals surface area contributed by atoms with E-state index in [1.165, 1.54) is 11.9 Å². The van der Waals surface area contributed by atoms with Crippen molar-refractivity contribution in [3.8, 4) is 28.4 Å². The summed E-state index contributed by atoms with van der Waals surface area (Å²) in [5.74, 6) is 1.55. The van der Waals surface area contributed by atoms with Crippen molar-refractivity contribution in [1.82, 2.24) is 35.1 Å². The number of piperidine rings is 1. The van der Waals surface area contributed by atoms with Gasteiger partial charge in [-0.3, -0.25) is 10.1 Å². The Morgan fingerprint density at radius 1 is 1.16 bits per heavy atom. The Labute approximate surface area is 187 Å². The maximum atomic E-state index is 5.67. The summed E-state index contributed by atoms with van der Waals surface area (Å²) in [7, 11) is 1.66. The SMILES string of the molecule is COc1c(C)c(-c2[nH]nc(-c3ccc(C4CCNCC4)cn3)c2C(C)C)cn2ncnc12. The van der Waals surface area contributed by atoms with Crippen LogP contribution in [-0.4, -0.2) is 50.0 Å². The van der Waals surface area contributed by atoms with Crippen molar-refractivity contribution in [2.24, 2.45) is 0 Å². The number of fused-ring (bicyclic) bond motifs is 1. The average molecular weight is 432 g/mol. The number of methoxy groups -OCH3 is 1. The third-order valence-corrected chi connectivity index (χ3v) is 6.47. The molecule has 0 bridgehead atoms. The highest BCUT2D eigenvalue weighted by Gasteiger charge is 2.24. The molecular weight excluding hydrogens is 402 g/mol. The summed E-state index contributed by atoms with van der Waals surface area (Å²) in [5.41, 5.74) is 7.89. The summed E-state index contributed by atoms with van der Waals surface area (Å²) in [6, 6.07) is 4.32. The van der Waals surface area contributed by atoms with Crippen LogP contribution in [0.15, 0.2) is 30.9 Å². The maximum absolute atomic E-state index is 5.67. The normalized spacial score (nSPS) is 15.0. The van der Waals surface area contributed by atoms with Crippen molar-refractivity contribution in [2.45, 2.75) is 45.4 Å². The summed E-state index contributed by atoms with van der Waals surface area (Å²) >= 11 is 0. The van der Waals surface area contributed by atoms with E-state index in [-0.39, 0.29) is 5.92 Å². The van der Waals surface area contributed by atoms with Crippen LogP contribution in [0.25, 0.3) is 28.3 Å². The van der Waals surface area contributed by atoms with Gasteiger partial charge >= 0.3 is 0 Å². The molecule has 0 aromatic carbocycles. The van der Waals surface area contributed by atoms with E-state index >= 15 is 0 Å². The molecule has 0 radical (unpaired) electrons. The molecular formula is C24H29N7O. The largest absolute Gasteiger partial charge is 0.492 e. The Balaban J connectivity index is 1.58. The first-order valence-corrected chi connectivity index (χ1v) is 11.2. The van der Waals surface area contributed by atoms with Crippen molar-refractivity contribution in [3.63, 3.8) is 0 Å². The van der Waals surface area contributed by atoms with Crippen molar-refractivity contribution in [1.29, 1.82) is 0 Å². The lowest BCUT2D eigenvalue weighted by Crippen LogP contribution is -2.26. The van der Waals surface area contributed by atoms with Gasteiger partial charge in [-0.15, -0.1) is 0 Å². The fraction of sp³-hybridized carbons (Fsp3) is 0.417. The molecule has 1 aliphatic rings. The number of rotatable bonds is 5. The molecule has 1 fully saturated rings. The molecule has 1 aliphatic heterocycles. The number of aromatic nitrogens is 6. The summed E-state index contributed by atoms with van der Waals surface area (Å²) in [5, 5.41) is 15.7. The van der Waals surface area contributed by atoms with Gasteiger partial charge in [-0.2, -0.15) is 10.2 Å². The van der Waals surface area contributed by atoms with E-state index in [4.69, 9.17) is 14.8 Å².